The van der Waals surface area contributed by atoms with Gasteiger partial charge in [0, 0.05) is 31.6 Å². The Bertz CT molecular complexity index is 426. The lowest BCUT2D eigenvalue weighted by Crippen LogP contribution is -2.53. The lowest BCUT2D eigenvalue weighted by Gasteiger charge is -2.37. The summed E-state index contributed by atoms with van der Waals surface area (Å²) in [4.78, 5) is 25.5. The molecule has 0 radical (unpaired) electrons. The maximum Gasteiger partial charge on any atom is 0.410 e. The van der Waals surface area contributed by atoms with Crippen molar-refractivity contribution in [3.05, 3.63) is 0 Å². The normalized spacial score (nSPS) is 22.5. The summed E-state index contributed by atoms with van der Waals surface area (Å²) in [5, 5.41) is 2.73. The zero-order valence-corrected chi connectivity index (χ0v) is 15.1. The summed E-state index contributed by atoms with van der Waals surface area (Å²) in [5.41, 5.74) is 5.04. The number of nitrogens with zero attached hydrogens (tertiary/aromatic N) is 1. The van der Waals surface area contributed by atoms with E-state index in [4.69, 9.17) is 15.2 Å². The van der Waals surface area contributed by atoms with Gasteiger partial charge in [-0.25, -0.2) is 9.59 Å². The van der Waals surface area contributed by atoms with Crippen molar-refractivity contribution in [3.8, 4) is 0 Å². The van der Waals surface area contributed by atoms with Crippen molar-refractivity contribution in [1.29, 1.82) is 0 Å². The van der Waals surface area contributed by atoms with Crippen LogP contribution in [0.1, 0.15) is 48.0 Å². The van der Waals surface area contributed by atoms with Gasteiger partial charge in [-0.1, -0.05) is 0 Å². The molecule has 23 heavy (non-hydrogen) atoms. The van der Waals surface area contributed by atoms with Gasteiger partial charge in [-0.3, -0.25) is 0 Å². The molecule has 1 aliphatic heterocycles. The van der Waals surface area contributed by atoms with Crippen molar-refractivity contribution in [1.82, 2.24) is 10.2 Å². The molecule has 1 rings (SSSR count). The molecule has 0 aliphatic carbocycles. The Hall–Kier alpha value is -1.50. The first-order valence-electron chi connectivity index (χ1n) is 8.08. The number of carbonyl (C=O) groups excluding carboxylic acids is 2. The summed E-state index contributed by atoms with van der Waals surface area (Å²) in [5.74, 6) is -0.0243. The molecule has 7 heteroatoms. The highest BCUT2D eigenvalue weighted by Crippen LogP contribution is 2.18. The Labute approximate surface area is 138 Å². The number of piperidine rings is 1. The molecule has 0 unspecified atom stereocenters. The number of alkyl carbamates (subject to hydrolysis) is 1. The number of nitrogens with two attached hydrogens (primary N) is 1. The number of hydrogen-bond acceptors (Lipinski definition) is 5. The Morgan fingerprint density at radius 2 is 1.70 bits per heavy atom. The molecule has 0 saturated carbocycles. The van der Waals surface area contributed by atoms with E-state index in [1.807, 2.05) is 41.5 Å². The van der Waals surface area contributed by atoms with E-state index < -0.39 is 17.3 Å². The van der Waals surface area contributed by atoms with Crippen LogP contribution in [0.15, 0.2) is 0 Å². The summed E-state index contributed by atoms with van der Waals surface area (Å²) in [6.07, 6.45) is -0.134. The van der Waals surface area contributed by atoms with Gasteiger partial charge in [0.25, 0.3) is 0 Å². The molecule has 0 aromatic heterocycles. The lowest BCUT2D eigenvalue weighted by molar-refractivity contribution is 0.0145. The zero-order chi connectivity index (χ0) is 17.8. The quantitative estimate of drug-likeness (QED) is 0.809. The van der Waals surface area contributed by atoms with Crippen molar-refractivity contribution in [2.75, 3.05) is 19.6 Å². The van der Waals surface area contributed by atoms with Crippen LogP contribution in [0.5, 0.6) is 0 Å². The molecular formula is C16H31N3O4. The van der Waals surface area contributed by atoms with Gasteiger partial charge in [0.05, 0.1) is 0 Å². The average molecular weight is 329 g/mol. The van der Waals surface area contributed by atoms with E-state index in [1.54, 1.807) is 4.90 Å². The first-order chi connectivity index (χ1) is 10.4. The molecule has 0 bridgehead atoms. The largest absolute Gasteiger partial charge is 0.444 e. The Balaban J connectivity index is 2.51. The monoisotopic (exact) mass is 329 g/mol. The second-order valence-electron chi connectivity index (χ2n) is 8.02. The van der Waals surface area contributed by atoms with Crippen LogP contribution >= 0.6 is 0 Å². The van der Waals surface area contributed by atoms with E-state index in [0.717, 1.165) is 0 Å². The minimum absolute atomic E-state index is 0.0243. The van der Waals surface area contributed by atoms with Gasteiger partial charge >= 0.3 is 12.2 Å². The number of carbonyl (C=O) groups is 2. The highest BCUT2D eigenvalue weighted by Gasteiger charge is 2.32. The molecule has 2 atom stereocenters. The molecule has 3 N–H and O–H groups in total. The van der Waals surface area contributed by atoms with Crippen LogP contribution < -0.4 is 11.1 Å². The summed E-state index contributed by atoms with van der Waals surface area (Å²) in [6, 6.07) is -0.0661. The van der Waals surface area contributed by atoms with E-state index >= 15 is 0 Å². The third kappa shape index (κ3) is 7.54. The Morgan fingerprint density at radius 3 is 2.22 bits per heavy atom. The molecular weight excluding hydrogens is 298 g/mol. The Morgan fingerprint density at radius 1 is 1.13 bits per heavy atom. The summed E-state index contributed by atoms with van der Waals surface area (Å²) >= 11 is 0. The number of likely N-dealkylation sites (tertiary alicyclic amines) is 1. The van der Waals surface area contributed by atoms with Gasteiger partial charge < -0.3 is 25.4 Å². The number of nitrogens with one attached hydrogen (secondary N) is 1. The maximum atomic E-state index is 12.1. The molecule has 134 valence electrons. The molecule has 1 aliphatic rings. The predicted octanol–water partition coefficient (Wildman–Crippen LogP) is 2.10. The van der Waals surface area contributed by atoms with Crippen LogP contribution in [0.4, 0.5) is 9.59 Å². The predicted molar refractivity (Wildman–Crippen MR) is 88.1 cm³/mol. The zero-order valence-electron chi connectivity index (χ0n) is 15.1. The molecule has 1 heterocycles. The van der Waals surface area contributed by atoms with Crippen molar-refractivity contribution in [2.24, 2.45) is 11.7 Å². The van der Waals surface area contributed by atoms with Crippen molar-refractivity contribution in [3.63, 3.8) is 0 Å². The van der Waals surface area contributed by atoms with Crippen molar-refractivity contribution < 1.29 is 19.1 Å². The van der Waals surface area contributed by atoms with Gasteiger partial charge in [0.15, 0.2) is 0 Å². The number of amides is 2. The maximum absolute atomic E-state index is 12.1. The summed E-state index contributed by atoms with van der Waals surface area (Å²) in [7, 11) is 0. The van der Waals surface area contributed by atoms with Gasteiger partial charge in [-0.05, 0) is 48.0 Å². The average Bonchev–Trinajstić information content (AvgIpc) is 2.33. The van der Waals surface area contributed by atoms with E-state index in [0.29, 0.717) is 26.1 Å². The standard InChI is InChI=1S/C16H31N3O4/c1-15(2,3)22-13(20)18-9-11-10-19(8-7-12(11)17)14(21)23-16(4,5)6/h11-12H,7-10,17H2,1-6H3,(H,18,20)/t11-,12+/m1/s1. The second kappa shape index (κ2) is 7.38. The fraction of sp³-hybridized carbons (Fsp3) is 0.875. The number of ether oxygens (including phenoxy) is 2. The van der Waals surface area contributed by atoms with Crippen LogP contribution in [0.3, 0.4) is 0 Å². The van der Waals surface area contributed by atoms with E-state index in [-0.39, 0.29) is 18.1 Å². The van der Waals surface area contributed by atoms with Crippen LogP contribution in [0.25, 0.3) is 0 Å². The number of hydrogen-bond donors (Lipinski definition) is 2. The summed E-state index contributed by atoms with van der Waals surface area (Å²) in [6.45, 7) is 12.3. The van der Waals surface area contributed by atoms with Gasteiger partial charge in [0.1, 0.15) is 11.2 Å². The van der Waals surface area contributed by atoms with Crippen LogP contribution in [-0.4, -0.2) is 54.0 Å². The third-order valence-electron chi connectivity index (χ3n) is 3.35. The van der Waals surface area contributed by atoms with Crippen LogP contribution in [-0.2, 0) is 9.47 Å². The van der Waals surface area contributed by atoms with Crippen LogP contribution in [0, 0.1) is 5.92 Å². The van der Waals surface area contributed by atoms with Crippen molar-refractivity contribution in [2.45, 2.75) is 65.2 Å². The van der Waals surface area contributed by atoms with Gasteiger partial charge in [-0.2, -0.15) is 0 Å². The third-order valence-corrected chi connectivity index (χ3v) is 3.35. The van der Waals surface area contributed by atoms with E-state index in [2.05, 4.69) is 5.32 Å². The highest BCUT2D eigenvalue weighted by atomic mass is 16.6. The fourth-order valence-electron chi connectivity index (χ4n) is 2.29. The van der Waals surface area contributed by atoms with E-state index in [9.17, 15) is 9.59 Å². The molecule has 1 fully saturated rings. The van der Waals surface area contributed by atoms with Crippen LogP contribution in [0.2, 0.25) is 0 Å². The minimum atomic E-state index is -0.540. The first kappa shape index (κ1) is 19.5. The number of rotatable bonds is 2. The second-order valence-corrected chi connectivity index (χ2v) is 8.02. The smallest absolute Gasteiger partial charge is 0.410 e. The fourth-order valence-corrected chi connectivity index (χ4v) is 2.29. The Kier molecular flexibility index (Phi) is 6.27. The molecule has 0 spiro atoms. The van der Waals surface area contributed by atoms with Gasteiger partial charge in [-0.15, -0.1) is 0 Å². The SMILES string of the molecule is CC(C)(C)OC(=O)NC[C@@H]1CN(C(=O)OC(C)(C)C)CC[C@@H]1N. The highest BCUT2D eigenvalue weighted by molar-refractivity contribution is 5.69. The molecule has 7 nitrogen and oxygen atoms in total. The first-order valence-corrected chi connectivity index (χ1v) is 8.08. The molecule has 1 saturated heterocycles. The molecule has 0 aromatic carbocycles. The minimum Gasteiger partial charge on any atom is -0.444 e. The van der Waals surface area contributed by atoms with Gasteiger partial charge in [0.2, 0.25) is 0 Å². The lowest BCUT2D eigenvalue weighted by atomic mass is 9.93. The summed E-state index contributed by atoms with van der Waals surface area (Å²) < 4.78 is 10.6. The molecule has 2 amide bonds. The van der Waals surface area contributed by atoms with E-state index in [1.165, 1.54) is 0 Å². The van der Waals surface area contributed by atoms with Crippen molar-refractivity contribution >= 4 is 12.2 Å². The molecule has 0 aromatic rings. The topological polar surface area (TPSA) is 93.9 Å².